The van der Waals surface area contributed by atoms with Gasteiger partial charge >= 0.3 is 6.03 Å². The summed E-state index contributed by atoms with van der Waals surface area (Å²) in [6.07, 6.45) is 0. The summed E-state index contributed by atoms with van der Waals surface area (Å²) in [5.41, 5.74) is 5.67. The fourth-order valence-electron chi connectivity index (χ4n) is 1.60. The predicted octanol–water partition coefficient (Wildman–Crippen LogP) is 1.60. The van der Waals surface area contributed by atoms with Crippen LogP contribution in [0.1, 0.15) is 32.3 Å². The van der Waals surface area contributed by atoms with Crippen LogP contribution in [0, 0.1) is 5.41 Å². The molecule has 1 rings (SSSR count). The fraction of sp³-hybridized carbons (Fsp3) is 0.467. The number of hydrogen-bond acceptors (Lipinski definition) is 2. The molecule has 0 aliphatic carbocycles. The van der Waals surface area contributed by atoms with Crippen LogP contribution >= 0.6 is 0 Å². The highest BCUT2D eigenvalue weighted by atomic mass is 16.2. The zero-order chi connectivity index (χ0) is 15.2. The van der Waals surface area contributed by atoms with E-state index >= 15 is 0 Å². The van der Waals surface area contributed by atoms with E-state index in [1.165, 1.54) is 5.56 Å². The van der Waals surface area contributed by atoms with E-state index in [4.69, 9.17) is 5.73 Å². The second-order valence-corrected chi connectivity index (χ2v) is 5.62. The van der Waals surface area contributed by atoms with Crippen molar-refractivity contribution in [2.75, 3.05) is 13.1 Å². The molecule has 1 aromatic rings. The topological polar surface area (TPSA) is 84.2 Å². The van der Waals surface area contributed by atoms with Gasteiger partial charge in [0.2, 0.25) is 5.91 Å². The number of nitrogens with one attached hydrogen (secondary N) is 2. The van der Waals surface area contributed by atoms with E-state index in [1.807, 2.05) is 37.3 Å². The Morgan fingerprint density at radius 1 is 1.20 bits per heavy atom. The van der Waals surface area contributed by atoms with Crippen LogP contribution in [-0.2, 0) is 4.79 Å². The van der Waals surface area contributed by atoms with Crippen molar-refractivity contribution in [1.82, 2.24) is 10.6 Å². The molecule has 0 bridgehead atoms. The SMILES string of the molecule is C[C@@H](CNC(=O)NCC(C)(C)C(N)=O)c1ccccc1. The highest BCUT2D eigenvalue weighted by Gasteiger charge is 2.25. The number of urea groups is 1. The Kier molecular flexibility index (Phi) is 5.55. The molecule has 0 aliphatic heterocycles. The molecule has 5 nitrogen and oxygen atoms in total. The maximum atomic E-state index is 11.7. The molecule has 4 N–H and O–H groups in total. The summed E-state index contributed by atoms with van der Waals surface area (Å²) in [7, 11) is 0. The third kappa shape index (κ3) is 4.91. The monoisotopic (exact) mass is 277 g/mol. The van der Waals surface area contributed by atoms with E-state index in [9.17, 15) is 9.59 Å². The van der Waals surface area contributed by atoms with Gasteiger partial charge in [-0.15, -0.1) is 0 Å². The summed E-state index contributed by atoms with van der Waals surface area (Å²) < 4.78 is 0. The number of primary amides is 1. The Morgan fingerprint density at radius 2 is 1.80 bits per heavy atom. The minimum atomic E-state index is -0.748. The van der Waals surface area contributed by atoms with Crippen LogP contribution in [0.3, 0.4) is 0 Å². The van der Waals surface area contributed by atoms with E-state index in [1.54, 1.807) is 13.8 Å². The molecule has 0 aliphatic rings. The third-order valence-corrected chi connectivity index (χ3v) is 3.30. The predicted molar refractivity (Wildman–Crippen MR) is 79.2 cm³/mol. The normalized spacial score (nSPS) is 12.6. The minimum Gasteiger partial charge on any atom is -0.369 e. The van der Waals surface area contributed by atoms with Crippen LogP contribution in [0.15, 0.2) is 30.3 Å². The first-order chi connectivity index (χ1) is 9.33. The summed E-state index contributed by atoms with van der Waals surface area (Å²) in [5, 5.41) is 5.45. The van der Waals surface area contributed by atoms with Crippen LogP contribution in [0.2, 0.25) is 0 Å². The van der Waals surface area contributed by atoms with Crippen LogP contribution in [0.25, 0.3) is 0 Å². The van der Waals surface area contributed by atoms with Gasteiger partial charge in [0, 0.05) is 13.1 Å². The van der Waals surface area contributed by atoms with Crippen LogP contribution in [0.5, 0.6) is 0 Å². The van der Waals surface area contributed by atoms with E-state index in [0.29, 0.717) is 6.54 Å². The van der Waals surface area contributed by atoms with Crippen molar-refractivity contribution in [3.8, 4) is 0 Å². The molecule has 0 saturated heterocycles. The first kappa shape index (κ1) is 16.0. The Bertz CT molecular complexity index is 457. The molecule has 20 heavy (non-hydrogen) atoms. The molecule has 0 radical (unpaired) electrons. The molecule has 1 aromatic carbocycles. The largest absolute Gasteiger partial charge is 0.369 e. The molecule has 3 amide bonds. The smallest absolute Gasteiger partial charge is 0.314 e. The second-order valence-electron chi connectivity index (χ2n) is 5.62. The maximum absolute atomic E-state index is 11.7. The molecule has 0 spiro atoms. The lowest BCUT2D eigenvalue weighted by Gasteiger charge is -2.21. The van der Waals surface area contributed by atoms with Gasteiger partial charge < -0.3 is 16.4 Å². The molecule has 0 aromatic heterocycles. The fourth-order valence-corrected chi connectivity index (χ4v) is 1.60. The third-order valence-electron chi connectivity index (χ3n) is 3.30. The number of amides is 3. The number of hydrogen-bond donors (Lipinski definition) is 3. The Morgan fingerprint density at radius 3 is 2.35 bits per heavy atom. The lowest BCUT2D eigenvalue weighted by molar-refractivity contribution is -0.125. The van der Waals surface area contributed by atoms with Gasteiger partial charge in [-0.05, 0) is 25.3 Å². The Hall–Kier alpha value is -2.04. The van der Waals surface area contributed by atoms with Gasteiger partial charge in [0.25, 0.3) is 0 Å². The van der Waals surface area contributed by atoms with E-state index in [2.05, 4.69) is 10.6 Å². The van der Waals surface area contributed by atoms with Gasteiger partial charge in [0.05, 0.1) is 5.41 Å². The molecule has 0 unspecified atom stereocenters. The van der Waals surface area contributed by atoms with Gasteiger partial charge in [0.1, 0.15) is 0 Å². The number of benzene rings is 1. The Balaban J connectivity index is 2.35. The first-order valence-electron chi connectivity index (χ1n) is 6.69. The van der Waals surface area contributed by atoms with Gasteiger partial charge in [-0.1, -0.05) is 37.3 Å². The molecule has 110 valence electrons. The molecule has 0 fully saturated rings. The van der Waals surface area contributed by atoms with Gasteiger partial charge in [-0.25, -0.2) is 4.79 Å². The molecular weight excluding hydrogens is 254 g/mol. The van der Waals surface area contributed by atoms with Crippen molar-refractivity contribution in [3.63, 3.8) is 0 Å². The zero-order valence-corrected chi connectivity index (χ0v) is 12.3. The summed E-state index contributed by atoms with van der Waals surface area (Å²) in [6, 6.07) is 9.67. The molecule has 1 atom stereocenters. The summed E-state index contributed by atoms with van der Waals surface area (Å²) in [6.45, 7) is 6.19. The zero-order valence-electron chi connectivity index (χ0n) is 12.3. The number of nitrogens with two attached hydrogens (primary N) is 1. The van der Waals surface area contributed by atoms with Crippen molar-refractivity contribution < 1.29 is 9.59 Å². The molecule has 0 saturated carbocycles. The van der Waals surface area contributed by atoms with E-state index in [-0.39, 0.29) is 18.5 Å². The molecular formula is C15H23N3O2. The number of carbonyl (C=O) groups excluding carboxylic acids is 2. The summed E-state index contributed by atoms with van der Waals surface area (Å²) in [5.74, 6) is -0.207. The highest BCUT2D eigenvalue weighted by molar-refractivity contribution is 5.81. The van der Waals surface area contributed by atoms with Crippen molar-refractivity contribution in [2.45, 2.75) is 26.7 Å². The maximum Gasteiger partial charge on any atom is 0.314 e. The van der Waals surface area contributed by atoms with Gasteiger partial charge in [-0.3, -0.25) is 4.79 Å². The van der Waals surface area contributed by atoms with Crippen molar-refractivity contribution in [3.05, 3.63) is 35.9 Å². The number of rotatable bonds is 6. The number of carbonyl (C=O) groups is 2. The average Bonchev–Trinajstić information content (AvgIpc) is 2.43. The van der Waals surface area contributed by atoms with Crippen molar-refractivity contribution >= 4 is 11.9 Å². The van der Waals surface area contributed by atoms with Crippen LogP contribution in [0.4, 0.5) is 4.79 Å². The summed E-state index contributed by atoms with van der Waals surface area (Å²) >= 11 is 0. The quantitative estimate of drug-likeness (QED) is 0.738. The van der Waals surface area contributed by atoms with Gasteiger partial charge in [0.15, 0.2) is 0 Å². The van der Waals surface area contributed by atoms with Gasteiger partial charge in [-0.2, -0.15) is 0 Å². The van der Waals surface area contributed by atoms with Crippen LogP contribution < -0.4 is 16.4 Å². The summed E-state index contributed by atoms with van der Waals surface area (Å²) in [4.78, 5) is 22.8. The lowest BCUT2D eigenvalue weighted by atomic mass is 9.93. The van der Waals surface area contributed by atoms with Crippen molar-refractivity contribution in [1.29, 1.82) is 0 Å². The molecule has 5 heteroatoms. The minimum absolute atomic E-state index is 0.216. The second kappa shape index (κ2) is 6.93. The van der Waals surface area contributed by atoms with E-state index in [0.717, 1.165) is 0 Å². The first-order valence-corrected chi connectivity index (χ1v) is 6.69. The van der Waals surface area contributed by atoms with Crippen LogP contribution in [-0.4, -0.2) is 25.0 Å². The highest BCUT2D eigenvalue weighted by Crippen LogP contribution is 2.13. The Labute approximate surface area is 119 Å². The molecule has 0 heterocycles. The standard InChI is InChI=1S/C15H23N3O2/c1-11(12-7-5-4-6-8-12)9-17-14(20)18-10-15(2,3)13(16)19/h4-8,11H,9-10H2,1-3H3,(H2,16,19)(H2,17,18,20)/t11-/m0/s1. The van der Waals surface area contributed by atoms with Crippen molar-refractivity contribution in [2.24, 2.45) is 11.1 Å². The average molecular weight is 277 g/mol. The van der Waals surface area contributed by atoms with E-state index < -0.39 is 11.3 Å². The lowest BCUT2D eigenvalue weighted by Crippen LogP contribution is -2.46.